The second-order valence-corrected chi connectivity index (χ2v) is 6.78. The van der Waals surface area contributed by atoms with Crippen molar-refractivity contribution >= 4 is 28.4 Å². The molecule has 0 amide bonds. The summed E-state index contributed by atoms with van der Waals surface area (Å²) >= 11 is 2.26. The van der Waals surface area contributed by atoms with Gasteiger partial charge >= 0.3 is 0 Å². The van der Waals surface area contributed by atoms with Crippen molar-refractivity contribution in [1.82, 2.24) is 15.0 Å². The zero-order chi connectivity index (χ0) is 15.6. The maximum atomic E-state index is 13.0. The molecule has 2 aromatic rings. The van der Waals surface area contributed by atoms with E-state index in [-0.39, 0.29) is 11.2 Å². The van der Waals surface area contributed by atoms with Gasteiger partial charge in [0.2, 0.25) is 0 Å². The van der Waals surface area contributed by atoms with Gasteiger partial charge in [0.25, 0.3) is 0 Å². The third-order valence-electron chi connectivity index (χ3n) is 2.86. The molecule has 0 unspecified atom stereocenters. The van der Waals surface area contributed by atoms with Crippen LogP contribution in [0, 0.1) is 9.39 Å². The molecule has 0 spiro atoms. The molecule has 0 aliphatic rings. The van der Waals surface area contributed by atoms with Crippen LogP contribution in [-0.2, 0) is 5.41 Å². The van der Waals surface area contributed by atoms with Crippen LogP contribution in [0.1, 0.15) is 33.4 Å². The Bertz CT molecular complexity index is 635. The summed E-state index contributed by atoms with van der Waals surface area (Å²) in [5.41, 5.74) is 1.41. The van der Waals surface area contributed by atoms with Crippen LogP contribution in [0.4, 0.5) is 10.2 Å². The van der Waals surface area contributed by atoms with Gasteiger partial charge in [0.1, 0.15) is 17.3 Å². The second kappa shape index (κ2) is 6.21. The van der Waals surface area contributed by atoms with E-state index in [2.05, 4.69) is 63.6 Å². The van der Waals surface area contributed by atoms with Gasteiger partial charge in [-0.2, -0.15) is 0 Å². The topological polar surface area (TPSA) is 50.7 Å². The van der Waals surface area contributed by atoms with Crippen molar-refractivity contribution in [3.8, 4) is 11.5 Å². The molecule has 0 aliphatic carbocycles. The molecule has 4 nitrogen and oxygen atoms in total. The van der Waals surface area contributed by atoms with Crippen molar-refractivity contribution in [3.63, 3.8) is 0 Å². The minimum absolute atomic E-state index is 0.113. The Morgan fingerprint density at radius 2 is 1.95 bits per heavy atom. The molecule has 0 bridgehead atoms. The average molecular weight is 400 g/mol. The number of aromatic nitrogens is 3. The summed E-state index contributed by atoms with van der Waals surface area (Å²) in [6.45, 7) is 9.11. The molecule has 0 saturated heterocycles. The van der Waals surface area contributed by atoms with E-state index in [9.17, 15) is 4.39 Å². The number of rotatable bonds is 3. The van der Waals surface area contributed by atoms with Gasteiger partial charge in [-0.15, -0.1) is 0 Å². The van der Waals surface area contributed by atoms with Crippen molar-refractivity contribution in [2.45, 2.75) is 33.1 Å². The van der Waals surface area contributed by atoms with Gasteiger partial charge in [0.15, 0.2) is 5.82 Å². The average Bonchev–Trinajstić information content (AvgIpc) is 2.41. The fourth-order valence-electron chi connectivity index (χ4n) is 1.85. The molecule has 0 radical (unpaired) electrons. The molecule has 0 aliphatic heterocycles. The first-order chi connectivity index (χ1) is 9.82. The number of halogens is 2. The van der Waals surface area contributed by atoms with E-state index in [0.717, 1.165) is 21.6 Å². The lowest BCUT2D eigenvalue weighted by Crippen LogP contribution is -2.19. The Morgan fingerprint density at radius 3 is 2.48 bits per heavy atom. The first-order valence-corrected chi connectivity index (χ1v) is 7.84. The molecule has 0 aromatic carbocycles. The van der Waals surface area contributed by atoms with Crippen LogP contribution in [0.3, 0.4) is 0 Å². The summed E-state index contributed by atoms with van der Waals surface area (Å²) < 4.78 is 14.0. The van der Waals surface area contributed by atoms with E-state index < -0.39 is 0 Å². The van der Waals surface area contributed by atoms with Gasteiger partial charge in [-0.3, -0.25) is 0 Å². The predicted molar refractivity (Wildman–Crippen MR) is 90.8 cm³/mol. The van der Waals surface area contributed by atoms with E-state index in [1.54, 1.807) is 6.07 Å². The lowest BCUT2D eigenvalue weighted by Gasteiger charge is -2.22. The van der Waals surface area contributed by atoms with E-state index in [1.807, 2.05) is 6.92 Å². The van der Waals surface area contributed by atoms with Crippen molar-refractivity contribution in [3.05, 3.63) is 33.4 Å². The van der Waals surface area contributed by atoms with Gasteiger partial charge in [0, 0.05) is 12.0 Å². The van der Waals surface area contributed by atoms with Crippen molar-refractivity contribution in [1.29, 1.82) is 0 Å². The van der Waals surface area contributed by atoms with Crippen LogP contribution < -0.4 is 5.32 Å². The van der Waals surface area contributed by atoms with E-state index in [0.29, 0.717) is 11.5 Å². The zero-order valence-corrected chi connectivity index (χ0v) is 14.7. The Balaban J connectivity index is 2.61. The van der Waals surface area contributed by atoms with Crippen LogP contribution >= 0.6 is 22.6 Å². The van der Waals surface area contributed by atoms with Gasteiger partial charge in [-0.25, -0.2) is 19.3 Å². The zero-order valence-electron chi connectivity index (χ0n) is 12.5. The van der Waals surface area contributed by atoms with E-state index in [4.69, 9.17) is 0 Å². The minimum atomic E-state index is -0.368. The molecule has 2 aromatic heterocycles. The number of pyridine rings is 1. The first-order valence-electron chi connectivity index (χ1n) is 6.76. The van der Waals surface area contributed by atoms with Crippen molar-refractivity contribution in [2.75, 3.05) is 11.9 Å². The number of anilines is 1. The summed E-state index contributed by atoms with van der Waals surface area (Å²) in [7, 11) is 0. The molecule has 1 N–H and O–H groups in total. The highest BCUT2D eigenvalue weighted by molar-refractivity contribution is 14.1. The summed E-state index contributed by atoms with van der Waals surface area (Å²) in [6, 6.07) is 2.97. The van der Waals surface area contributed by atoms with Gasteiger partial charge < -0.3 is 5.32 Å². The Kier molecular flexibility index (Phi) is 4.75. The Morgan fingerprint density at radius 1 is 1.24 bits per heavy atom. The lowest BCUT2D eigenvalue weighted by molar-refractivity contribution is 0.564. The largest absolute Gasteiger partial charge is 0.369 e. The monoisotopic (exact) mass is 400 g/mol. The SMILES string of the molecule is CCNc1nc(-c2ccc(F)cn2)nc(C(C)(C)C)c1I. The first kappa shape index (κ1) is 16.1. The van der Waals surface area contributed by atoms with Crippen molar-refractivity contribution < 1.29 is 4.39 Å². The number of hydrogen-bond acceptors (Lipinski definition) is 4. The highest BCUT2D eigenvalue weighted by atomic mass is 127. The van der Waals surface area contributed by atoms with Crippen LogP contribution in [0.25, 0.3) is 11.5 Å². The fraction of sp³-hybridized carbons (Fsp3) is 0.400. The number of hydrogen-bond donors (Lipinski definition) is 1. The summed E-state index contributed by atoms with van der Waals surface area (Å²) in [5, 5.41) is 3.25. The molecule has 0 fully saturated rings. The quantitative estimate of drug-likeness (QED) is 0.792. The highest BCUT2D eigenvalue weighted by Gasteiger charge is 2.23. The standard InChI is InChI=1S/C15H18FIN4/c1-5-18-14-11(17)12(15(2,3)4)20-13(21-14)10-7-6-9(16)8-19-10/h6-8H,5H2,1-4H3,(H,18,20,21). The van der Waals surface area contributed by atoms with Gasteiger partial charge in [0.05, 0.1) is 15.5 Å². The predicted octanol–water partition coefficient (Wildman–Crippen LogP) is 4.01. The van der Waals surface area contributed by atoms with E-state index >= 15 is 0 Å². The third-order valence-corrected chi connectivity index (χ3v) is 3.88. The maximum Gasteiger partial charge on any atom is 0.180 e. The van der Waals surface area contributed by atoms with Crippen molar-refractivity contribution in [2.24, 2.45) is 0 Å². The van der Waals surface area contributed by atoms with E-state index in [1.165, 1.54) is 12.3 Å². The molecule has 2 rings (SSSR count). The van der Waals surface area contributed by atoms with Crippen LogP contribution in [0.15, 0.2) is 18.3 Å². The maximum absolute atomic E-state index is 13.0. The molecular weight excluding hydrogens is 382 g/mol. The Hall–Kier alpha value is -1.31. The third kappa shape index (κ3) is 3.66. The summed E-state index contributed by atoms with van der Waals surface area (Å²) in [5.74, 6) is 0.933. The summed E-state index contributed by atoms with van der Waals surface area (Å²) in [4.78, 5) is 13.2. The van der Waals surface area contributed by atoms with Gasteiger partial charge in [-0.1, -0.05) is 20.8 Å². The van der Waals surface area contributed by atoms with Crippen LogP contribution in [0.5, 0.6) is 0 Å². The molecule has 21 heavy (non-hydrogen) atoms. The fourth-order valence-corrected chi connectivity index (χ4v) is 3.09. The van der Waals surface area contributed by atoms with Crippen LogP contribution in [-0.4, -0.2) is 21.5 Å². The van der Waals surface area contributed by atoms with Gasteiger partial charge in [-0.05, 0) is 41.6 Å². The summed E-state index contributed by atoms with van der Waals surface area (Å²) in [6.07, 6.45) is 1.18. The lowest BCUT2D eigenvalue weighted by atomic mass is 9.92. The molecule has 0 saturated carbocycles. The molecular formula is C15H18FIN4. The minimum Gasteiger partial charge on any atom is -0.369 e. The smallest absolute Gasteiger partial charge is 0.180 e. The number of nitrogens with one attached hydrogen (secondary N) is 1. The molecule has 112 valence electrons. The van der Waals surface area contributed by atoms with Crippen LogP contribution in [0.2, 0.25) is 0 Å². The number of nitrogens with zero attached hydrogens (tertiary/aromatic N) is 3. The highest BCUT2D eigenvalue weighted by Crippen LogP contribution is 2.31. The Labute approximate surface area is 137 Å². The molecule has 2 heterocycles. The molecule has 0 atom stereocenters. The normalized spacial score (nSPS) is 11.5. The molecule has 6 heteroatoms. The second-order valence-electron chi connectivity index (χ2n) is 5.70.